The third kappa shape index (κ3) is 8.39. The van der Waals surface area contributed by atoms with Gasteiger partial charge in [-0.1, -0.05) is 49.7 Å². The number of amides is 1. The number of nitrogens with one attached hydrogen (secondary N) is 1. The smallest absolute Gasteiger partial charge is 0.356 e. The number of carbonyl (C=O) groups excluding carboxylic acids is 1. The number of hydrogen-bond donors (Lipinski definition) is 1. The van der Waals surface area contributed by atoms with Crippen LogP contribution < -0.4 is 5.32 Å². The summed E-state index contributed by atoms with van der Waals surface area (Å²) in [6, 6.07) is 5.81. The molecule has 3 rings (SSSR count). The van der Waals surface area contributed by atoms with Crippen molar-refractivity contribution in [1.29, 1.82) is 0 Å². The minimum absolute atomic E-state index is 0.177. The third-order valence-electron chi connectivity index (χ3n) is 8.13. The minimum Gasteiger partial charge on any atom is -0.356 e. The van der Waals surface area contributed by atoms with E-state index in [0.29, 0.717) is 30.8 Å². The SMILES string of the molecule is CC1=CC(C)=N/C1=C(\CCCCCCNC(=O)CCC[Si]1(C)CCC=CCC1)c1c(C)cc(C)n1B(F)F. The Labute approximate surface area is 230 Å². The molecule has 0 fully saturated rings. The molecule has 1 aromatic rings. The predicted molar refractivity (Wildman–Crippen MR) is 161 cm³/mol. The summed E-state index contributed by atoms with van der Waals surface area (Å²) in [4.78, 5) is 17.0. The Morgan fingerprint density at radius 1 is 1.03 bits per heavy atom. The van der Waals surface area contributed by atoms with Gasteiger partial charge in [-0.3, -0.25) is 18.4 Å². The highest BCUT2D eigenvalue weighted by Crippen LogP contribution is 2.36. The molecule has 4 nitrogen and oxygen atoms in total. The summed E-state index contributed by atoms with van der Waals surface area (Å²) in [7, 11) is -3.75. The van der Waals surface area contributed by atoms with Crippen LogP contribution in [0, 0.1) is 13.8 Å². The van der Waals surface area contributed by atoms with Crippen LogP contribution in [0.4, 0.5) is 8.63 Å². The number of carbonyl (C=O) groups is 1. The summed E-state index contributed by atoms with van der Waals surface area (Å²) < 4.78 is 29.1. The molecule has 0 aromatic carbocycles. The number of allylic oxidation sites excluding steroid dienone is 5. The van der Waals surface area contributed by atoms with Gasteiger partial charge in [0.1, 0.15) is 0 Å². The van der Waals surface area contributed by atoms with Crippen molar-refractivity contribution < 1.29 is 13.4 Å². The number of aromatic nitrogens is 1. The van der Waals surface area contributed by atoms with Crippen molar-refractivity contribution in [1.82, 2.24) is 9.79 Å². The van der Waals surface area contributed by atoms with Crippen LogP contribution in [0.5, 0.6) is 0 Å². The van der Waals surface area contributed by atoms with Crippen LogP contribution in [-0.4, -0.2) is 38.1 Å². The maximum Gasteiger partial charge on any atom is 0.677 e. The fourth-order valence-corrected chi connectivity index (χ4v) is 9.54. The lowest BCUT2D eigenvalue weighted by molar-refractivity contribution is -0.121. The van der Waals surface area contributed by atoms with Crippen molar-refractivity contribution in [3.8, 4) is 0 Å². The van der Waals surface area contributed by atoms with Gasteiger partial charge in [-0.25, -0.2) is 0 Å². The molecule has 2 aliphatic heterocycles. The van der Waals surface area contributed by atoms with Gasteiger partial charge < -0.3 is 9.79 Å². The van der Waals surface area contributed by atoms with E-state index >= 15 is 0 Å². The van der Waals surface area contributed by atoms with Crippen molar-refractivity contribution >= 4 is 32.7 Å². The van der Waals surface area contributed by atoms with Crippen LogP contribution in [0.25, 0.3) is 5.57 Å². The Balaban J connectivity index is 1.44. The number of hydrogen-bond acceptors (Lipinski definition) is 2. The van der Waals surface area contributed by atoms with E-state index in [0.717, 1.165) is 64.7 Å². The lowest BCUT2D eigenvalue weighted by atomic mass is 9.96. The molecule has 0 saturated carbocycles. The number of nitrogens with zero attached hydrogens (tertiary/aromatic N) is 2. The van der Waals surface area contributed by atoms with Crippen LogP contribution in [0.15, 0.2) is 40.6 Å². The first-order valence-corrected chi connectivity index (χ1v) is 17.6. The van der Waals surface area contributed by atoms with Gasteiger partial charge in [0.05, 0.1) is 13.8 Å². The molecule has 0 atom stereocenters. The van der Waals surface area contributed by atoms with Crippen LogP contribution in [0.2, 0.25) is 24.7 Å². The van der Waals surface area contributed by atoms with E-state index in [1.807, 2.05) is 32.9 Å². The summed E-state index contributed by atoms with van der Waals surface area (Å²) in [5, 5.41) is 3.10. The molecule has 0 unspecified atom stereocenters. The van der Waals surface area contributed by atoms with Gasteiger partial charge in [0.2, 0.25) is 5.91 Å². The Bertz CT molecular complexity index is 1090. The van der Waals surface area contributed by atoms with Crippen LogP contribution in [0.1, 0.15) is 88.6 Å². The van der Waals surface area contributed by atoms with E-state index in [1.54, 1.807) is 6.92 Å². The summed E-state index contributed by atoms with van der Waals surface area (Å²) in [6.45, 7) is 10.8. The van der Waals surface area contributed by atoms with E-state index in [9.17, 15) is 13.4 Å². The Morgan fingerprint density at radius 2 is 1.71 bits per heavy atom. The Hall–Kier alpha value is -2.22. The van der Waals surface area contributed by atoms with Crippen LogP contribution >= 0.6 is 0 Å². The molecule has 1 amide bonds. The normalized spacial score (nSPS) is 18.2. The summed E-state index contributed by atoms with van der Waals surface area (Å²) in [5.74, 6) is 0.177. The van der Waals surface area contributed by atoms with Crippen LogP contribution in [-0.2, 0) is 4.79 Å². The second kappa shape index (κ2) is 14.2. The molecular formula is C30H46BF2N3OSi. The topological polar surface area (TPSA) is 46.4 Å². The fourth-order valence-electron chi connectivity index (χ4n) is 6.03. The molecule has 0 radical (unpaired) electrons. The lowest BCUT2D eigenvalue weighted by Crippen LogP contribution is -2.30. The minimum atomic E-state index is -2.58. The Morgan fingerprint density at radius 3 is 2.34 bits per heavy atom. The van der Waals surface area contributed by atoms with E-state index in [1.165, 1.54) is 31.0 Å². The van der Waals surface area contributed by atoms with E-state index in [2.05, 4.69) is 24.0 Å². The first kappa shape index (κ1) is 30.3. The average Bonchev–Trinajstić information content (AvgIpc) is 3.23. The molecule has 3 heterocycles. The average molecular weight is 542 g/mol. The zero-order valence-corrected chi connectivity index (χ0v) is 25.1. The van der Waals surface area contributed by atoms with Crippen LogP contribution in [0.3, 0.4) is 0 Å². The first-order valence-electron chi connectivity index (χ1n) is 14.5. The maximum absolute atomic E-state index is 14.0. The van der Waals surface area contributed by atoms with E-state index < -0.39 is 15.5 Å². The first-order chi connectivity index (χ1) is 18.1. The molecule has 38 heavy (non-hydrogen) atoms. The molecule has 2 aliphatic rings. The highest BCUT2D eigenvalue weighted by molar-refractivity contribution is 6.78. The maximum atomic E-state index is 14.0. The molecule has 8 heteroatoms. The number of unbranched alkanes of at least 4 members (excludes halogenated alkanes) is 3. The summed E-state index contributed by atoms with van der Waals surface area (Å²) in [5.41, 5.74) is 5.76. The number of aryl methyl sites for hydroxylation is 2. The standard InChI is InChI=1S/C30H46BF2N3OSi/c1-23-21-25(3)35-29(23)27(30-24(2)22-26(4)36(30)31(32)33)15-10-6-7-11-17-34-28(37)16-14-20-38(5)18-12-8-9-13-19-38/h8-9,21-22H,6-7,10-20H2,1-5H3,(H,34,37)/b29-27+. The van der Waals surface area contributed by atoms with Crippen molar-refractivity contribution in [2.45, 2.75) is 110 Å². The quantitative estimate of drug-likeness (QED) is 0.152. The van der Waals surface area contributed by atoms with Gasteiger partial charge in [-0.2, -0.15) is 0 Å². The second-order valence-corrected chi connectivity index (χ2v) is 16.7. The van der Waals surface area contributed by atoms with Crippen molar-refractivity contribution in [3.63, 3.8) is 0 Å². The van der Waals surface area contributed by atoms with Gasteiger partial charge in [-0.15, -0.1) is 0 Å². The summed E-state index contributed by atoms with van der Waals surface area (Å²) >= 11 is 0. The van der Waals surface area contributed by atoms with Gasteiger partial charge in [-0.05, 0) is 89.5 Å². The molecule has 0 saturated heterocycles. The van der Waals surface area contributed by atoms with Crippen molar-refractivity contribution in [2.24, 2.45) is 4.99 Å². The predicted octanol–water partition coefficient (Wildman–Crippen LogP) is 8.28. The highest BCUT2D eigenvalue weighted by atomic mass is 28.3. The molecule has 1 N–H and O–H groups in total. The molecule has 208 valence electrons. The highest BCUT2D eigenvalue weighted by Gasteiger charge is 2.28. The zero-order chi connectivity index (χ0) is 27.7. The van der Waals surface area contributed by atoms with E-state index in [-0.39, 0.29) is 5.91 Å². The lowest BCUT2D eigenvalue weighted by Gasteiger charge is -2.25. The van der Waals surface area contributed by atoms with E-state index in [4.69, 9.17) is 4.99 Å². The summed E-state index contributed by atoms with van der Waals surface area (Å²) in [6.07, 6.45) is 15.3. The zero-order valence-electron chi connectivity index (χ0n) is 24.1. The van der Waals surface area contributed by atoms with Crippen molar-refractivity contribution in [3.05, 3.63) is 52.5 Å². The number of rotatable bonds is 13. The molecular weight excluding hydrogens is 495 g/mol. The van der Waals surface area contributed by atoms with Crippen molar-refractivity contribution in [2.75, 3.05) is 6.54 Å². The number of aliphatic imine (C=N–C) groups is 1. The monoisotopic (exact) mass is 541 g/mol. The van der Waals surface area contributed by atoms with Gasteiger partial charge in [0.15, 0.2) is 0 Å². The fraction of sp³-hybridized carbons (Fsp3) is 0.600. The van der Waals surface area contributed by atoms with Gasteiger partial charge in [0.25, 0.3) is 0 Å². The molecule has 0 aliphatic carbocycles. The molecule has 1 aromatic heterocycles. The molecule has 0 bridgehead atoms. The Kier molecular flexibility index (Phi) is 11.4. The largest absolute Gasteiger partial charge is 0.677 e. The third-order valence-corrected chi connectivity index (χ3v) is 12.7. The van der Waals surface area contributed by atoms with Gasteiger partial charge >= 0.3 is 7.40 Å². The molecule has 0 spiro atoms. The second-order valence-electron chi connectivity index (χ2n) is 11.6. The number of halogens is 2. The van der Waals surface area contributed by atoms with Gasteiger partial charge in [0, 0.05) is 35.6 Å².